The van der Waals surface area contributed by atoms with Gasteiger partial charge in [-0.2, -0.15) is 0 Å². The fourth-order valence-corrected chi connectivity index (χ4v) is 5.67. The van der Waals surface area contributed by atoms with Crippen LogP contribution >= 0.6 is 0 Å². The zero-order chi connectivity index (χ0) is 26.9. The number of nitrogens with zero attached hydrogens (tertiary/aromatic N) is 2. The Balaban J connectivity index is 1.59. The summed E-state index contributed by atoms with van der Waals surface area (Å²) in [6.07, 6.45) is 1.87. The Morgan fingerprint density at radius 1 is 1.14 bits per heavy atom. The molecule has 2 aromatic heterocycles. The van der Waals surface area contributed by atoms with Crippen molar-refractivity contribution in [3.05, 3.63) is 63.2 Å². The van der Waals surface area contributed by atoms with Crippen molar-refractivity contribution in [1.29, 1.82) is 0 Å². The number of fused-ring (bicyclic) bond motifs is 1. The molecule has 1 aliphatic rings. The van der Waals surface area contributed by atoms with E-state index in [1.165, 1.54) is 7.11 Å². The predicted octanol–water partition coefficient (Wildman–Crippen LogP) is 4.34. The molecule has 0 aliphatic carbocycles. The van der Waals surface area contributed by atoms with Crippen molar-refractivity contribution in [2.24, 2.45) is 11.8 Å². The Morgan fingerprint density at radius 2 is 1.81 bits per heavy atom. The molecule has 2 N–H and O–H groups in total. The van der Waals surface area contributed by atoms with E-state index in [4.69, 9.17) is 4.74 Å². The first kappa shape index (κ1) is 26.5. The van der Waals surface area contributed by atoms with Crippen molar-refractivity contribution in [2.75, 3.05) is 20.2 Å². The number of carbonyl (C=O) groups is 2. The van der Waals surface area contributed by atoms with Crippen molar-refractivity contribution >= 4 is 22.7 Å². The van der Waals surface area contributed by atoms with Crippen molar-refractivity contribution in [3.8, 4) is 5.75 Å². The van der Waals surface area contributed by atoms with Crippen molar-refractivity contribution in [2.45, 2.75) is 60.0 Å². The number of aromatic nitrogens is 2. The lowest BCUT2D eigenvalue weighted by molar-refractivity contribution is -0.136. The number of pyridine rings is 1. The first-order valence-electron chi connectivity index (χ1n) is 13.1. The zero-order valence-corrected chi connectivity index (χ0v) is 22.7. The lowest BCUT2D eigenvalue weighted by atomic mass is 9.89. The zero-order valence-electron chi connectivity index (χ0n) is 22.7. The van der Waals surface area contributed by atoms with Crippen LogP contribution in [0.4, 0.5) is 0 Å². The number of nitrogens with one attached hydrogen (secondary N) is 2. The SMILES string of the molecule is COc1cc(C)[nH]c(=O)c1CNC(=O)c1c(C)n([C@@H](C)C2CCN(C(=O)C(C)C)CC2)c2ccccc12. The van der Waals surface area contributed by atoms with Crippen LogP contribution in [0.2, 0.25) is 0 Å². The van der Waals surface area contributed by atoms with Crippen molar-refractivity contribution in [1.82, 2.24) is 19.8 Å². The highest BCUT2D eigenvalue weighted by atomic mass is 16.5. The van der Waals surface area contributed by atoms with Crippen LogP contribution in [-0.4, -0.2) is 46.5 Å². The molecule has 0 spiro atoms. The van der Waals surface area contributed by atoms with E-state index in [9.17, 15) is 14.4 Å². The summed E-state index contributed by atoms with van der Waals surface area (Å²) in [7, 11) is 1.52. The van der Waals surface area contributed by atoms with E-state index in [2.05, 4.69) is 27.9 Å². The van der Waals surface area contributed by atoms with E-state index in [0.717, 1.165) is 42.5 Å². The van der Waals surface area contributed by atoms with Gasteiger partial charge in [0.05, 0.1) is 24.8 Å². The lowest BCUT2D eigenvalue weighted by Gasteiger charge is -2.36. The Hall–Kier alpha value is -3.55. The number of hydrogen-bond acceptors (Lipinski definition) is 4. The number of rotatable bonds is 7. The number of benzene rings is 1. The molecule has 0 bridgehead atoms. The van der Waals surface area contributed by atoms with Gasteiger partial charge < -0.3 is 24.5 Å². The summed E-state index contributed by atoms with van der Waals surface area (Å²) in [4.78, 5) is 43.2. The molecule has 8 heteroatoms. The number of likely N-dealkylation sites (tertiary alicyclic amines) is 1. The van der Waals surface area contributed by atoms with Crippen LogP contribution in [0, 0.1) is 25.7 Å². The third-order valence-corrected chi connectivity index (χ3v) is 7.69. The van der Waals surface area contributed by atoms with Crippen molar-refractivity contribution in [3.63, 3.8) is 0 Å². The highest BCUT2D eigenvalue weighted by molar-refractivity contribution is 6.08. The topological polar surface area (TPSA) is 96.4 Å². The standard InChI is InChI=1S/C29H38N4O4/c1-17(2)29(36)32-13-11-21(12-14-32)19(4)33-20(5)26(22-9-7-8-10-24(22)33)28(35)30-16-23-25(37-6)15-18(3)31-27(23)34/h7-10,15,17,19,21H,11-14,16H2,1-6H3,(H,30,35)(H,31,34)/t19-/m0/s1. The number of aromatic amines is 1. The quantitative estimate of drug-likeness (QED) is 0.498. The first-order chi connectivity index (χ1) is 17.6. The molecule has 8 nitrogen and oxygen atoms in total. The molecule has 1 aromatic carbocycles. The summed E-state index contributed by atoms with van der Waals surface area (Å²) in [6, 6.07) is 9.89. The molecule has 2 amide bonds. The summed E-state index contributed by atoms with van der Waals surface area (Å²) in [5.41, 5.74) is 3.36. The molecule has 3 aromatic rings. The molecule has 198 valence electrons. The molecule has 1 saturated heterocycles. The van der Waals surface area contributed by atoms with Gasteiger partial charge in [-0.25, -0.2) is 0 Å². The molecule has 0 unspecified atom stereocenters. The highest BCUT2D eigenvalue weighted by Crippen LogP contribution is 2.36. The molecule has 0 radical (unpaired) electrons. The van der Waals surface area contributed by atoms with E-state index in [0.29, 0.717) is 28.5 Å². The van der Waals surface area contributed by atoms with Crippen molar-refractivity contribution < 1.29 is 14.3 Å². The molecule has 0 saturated carbocycles. The van der Waals surface area contributed by atoms with Gasteiger partial charge in [0.2, 0.25) is 5.91 Å². The number of hydrogen-bond donors (Lipinski definition) is 2. The fourth-order valence-electron chi connectivity index (χ4n) is 5.67. The Morgan fingerprint density at radius 3 is 2.46 bits per heavy atom. The molecule has 4 rings (SSSR count). The van der Waals surface area contributed by atoms with E-state index in [-0.39, 0.29) is 35.9 Å². The maximum absolute atomic E-state index is 13.5. The predicted molar refractivity (Wildman–Crippen MR) is 145 cm³/mol. The van der Waals surface area contributed by atoms with Gasteiger partial charge in [-0.3, -0.25) is 14.4 Å². The van der Waals surface area contributed by atoms with Crippen LogP contribution in [0.25, 0.3) is 10.9 Å². The summed E-state index contributed by atoms with van der Waals surface area (Å²) in [5, 5.41) is 3.84. The monoisotopic (exact) mass is 506 g/mol. The number of H-pyrrole nitrogens is 1. The van der Waals surface area contributed by atoms with Gasteiger partial charge in [-0.05, 0) is 51.7 Å². The molecular formula is C29H38N4O4. The van der Waals surface area contributed by atoms with Gasteiger partial charge >= 0.3 is 0 Å². The Bertz CT molecular complexity index is 1360. The average Bonchev–Trinajstić information content (AvgIpc) is 3.18. The molecule has 37 heavy (non-hydrogen) atoms. The smallest absolute Gasteiger partial charge is 0.256 e. The van der Waals surface area contributed by atoms with Gasteiger partial charge in [0, 0.05) is 47.3 Å². The van der Waals surface area contributed by atoms with Crippen LogP contribution in [0.1, 0.15) is 67.0 Å². The Labute approximate surface area is 218 Å². The molecule has 1 aliphatic heterocycles. The van der Waals surface area contributed by atoms with Gasteiger partial charge in [0.15, 0.2) is 0 Å². The number of piperidine rings is 1. The number of carbonyl (C=O) groups excluding carboxylic acids is 2. The second-order valence-corrected chi connectivity index (χ2v) is 10.4. The van der Waals surface area contributed by atoms with Crippen LogP contribution in [-0.2, 0) is 11.3 Å². The van der Waals surface area contributed by atoms with Crippen LogP contribution in [0.15, 0.2) is 35.1 Å². The van der Waals surface area contributed by atoms with Crippen LogP contribution in [0.3, 0.4) is 0 Å². The molecule has 3 heterocycles. The van der Waals surface area contributed by atoms with E-state index in [1.807, 2.05) is 43.9 Å². The average molecular weight is 507 g/mol. The van der Waals surface area contributed by atoms with Gasteiger partial charge in [-0.1, -0.05) is 32.0 Å². The summed E-state index contributed by atoms with van der Waals surface area (Å²) in [6.45, 7) is 11.5. The largest absolute Gasteiger partial charge is 0.496 e. The summed E-state index contributed by atoms with van der Waals surface area (Å²) < 4.78 is 7.65. The molecule has 1 fully saturated rings. The van der Waals surface area contributed by atoms with E-state index in [1.54, 1.807) is 13.0 Å². The molecular weight excluding hydrogens is 468 g/mol. The third-order valence-electron chi connectivity index (χ3n) is 7.69. The van der Waals surface area contributed by atoms with Crippen LogP contribution < -0.4 is 15.6 Å². The van der Waals surface area contributed by atoms with E-state index < -0.39 is 0 Å². The number of para-hydroxylation sites is 1. The number of amides is 2. The first-order valence-corrected chi connectivity index (χ1v) is 13.1. The second-order valence-electron chi connectivity index (χ2n) is 10.4. The number of methoxy groups -OCH3 is 1. The normalized spacial score (nSPS) is 15.3. The van der Waals surface area contributed by atoms with Crippen LogP contribution in [0.5, 0.6) is 5.75 Å². The minimum absolute atomic E-state index is 0.0149. The maximum atomic E-state index is 13.5. The molecule has 1 atom stereocenters. The maximum Gasteiger partial charge on any atom is 0.256 e. The van der Waals surface area contributed by atoms with Gasteiger partial charge in [0.25, 0.3) is 11.5 Å². The second kappa shape index (κ2) is 10.8. The van der Waals surface area contributed by atoms with Gasteiger partial charge in [-0.15, -0.1) is 0 Å². The third kappa shape index (κ3) is 5.15. The summed E-state index contributed by atoms with van der Waals surface area (Å²) in [5.74, 6) is 0.866. The van der Waals surface area contributed by atoms with Gasteiger partial charge in [0.1, 0.15) is 5.75 Å². The fraction of sp³-hybridized carbons (Fsp3) is 0.483. The van der Waals surface area contributed by atoms with E-state index >= 15 is 0 Å². The highest BCUT2D eigenvalue weighted by Gasteiger charge is 2.31. The summed E-state index contributed by atoms with van der Waals surface area (Å²) >= 11 is 0. The number of aryl methyl sites for hydroxylation is 1. The minimum atomic E-state index is -0.271. The Kier molecular flexibility index (Phi) is 7.76. The minimum Gasteiger partial charge on any atom is -0.496 e. The number of ether oxygens (including phenoxy) is 1. The lowest BCUT2D eigenvalue weighted by Crippen LogP contribution is -2.42.